The Bertz CT molecular complexity index is 1700. The Kier molecular flexibility index (Phi) is 4.59. The number of nitrogens with zero attached hydrogens (tertiary/aromatic N) is 2. The Morgan fingerprint density at radius 1 is 0.629 bits per heavy atom. The zero-order valence-electron chi connectivity index (χ0n) is 19.7. The molecule has 7 rings (SSSR count). The van der Waals surface area contributed by atoms with Crippen LogP contribution in [0.2, 0.25) is 0 Å². The van der Waals surface area contributed by atoms with Crippen molar-refractivity contribution in [3.05, 3.63) is 91.2 Å². The van der Waals surface area contributed by atoms with Crippen molar-refractivity contribution in [1.82, 2.24) is 0 Å². The highest BCUT2D eigenvalue weighted by Crippen LogP contribution is 2.44. The van der Waals surface area contributed by atoms with E-state index in [-0.39, 0.29) is 0 Å². The Morgan fingerprint density at radius 3 is 2.17 bits per heavy atom. The van der Waals surface area contributed by atoms with E-state index in [0.29, 0.717) is 0 Å². The van der Waals surface area contributed by atoms with Gasteiger partial charge in [0, 0.05) is 49.0 Å². The highest BCUT2D eigenvalue weighted by Gasteiger charge is 2.21. The monoisotopic (exact) mass is 458 g/mol. The number of ether oxygens (including phenoxy) is 1. The van der Waals surface area contributed by atoms with E-state index in [9.17, 15) is 0 Å². The van der Waals surface area contributed by atoms with Crippen LogP contribution in [0.3, 0.4) is 0 Å². The van der Waals surface area contributed by atoms with E-state index < -0.39 is 0 Å². The molecule has 1 saturated heterocycles. The molecular weight excluding hydrogens is 432 g/mol. The molecule has 6 aromatic rings. The molecule has 0 spiro atoms. The molecule has 0 N–H and O–H groups in total. The van der Waals surface area contributed by atoms with Crippen molar-refractivity contribution in [2.24, 2.45) is 0 Å². The summed E-state index contributed by atoms with van der Waals surface area (Å²) in [4.78, 5) is 4.97. The first-order chi connectivity index (χ1) is 17.3. The molecule has 4 heteroatoms. The number of fused-ring (bicyclic) bond motifs is 8. The number of rotatable bonds is 3. The molecule has 2 heterocycles. The van der Waals surface area contributed by atoms with Crippen LogP contribution < -0.4 is 14.5 Å². The number of hydrogen-bond donors (Lipinski definition) is 0. The Balaban J connectivity index is 1.39. The summed E-state index contributed by atoms with van der Waals surface area (Å²) in [6.45, 7) is 4.02. The van der Waals surface area contributed by atoms with E-state index in [4.69, 9.17) is 9.15 Å². The van der Waals surface area contributed by atoms with Gasteiger partial charge in [-0.1, -0.05) is 42.5 Å². The fraction of sp³-hybridized carbons (Fsp3) is 0.161. The number of para-hydroxylation sites is 1. The van der Waals surface area contributed by atoms with Gasteiger partial charge in [0.05, 0.1) is 18.8 Å². The van der Waals surface area contributed by atoms with Crippen LogP contribution in [0.4, 0.5) is 11.4 Å². The topological polar surface area (TPSA) is 28.9 Å². The summed E-state index contributed by atoms with van der Waals surface area (Å²) in [5.74, 6) is 0.842. The second-order valence-corrected chi connectivity index (χ2v) is 9.25. The quantitative estimate of drug-likeness (QED) is 0.262. The lowest BCUT2D eigenvalue weighted by atomic mass is 9.98. The molecular formula is C31H26N2O2. The van der Waals surface area contributed by atoms with Gasteiger partial charge in [0.1, 0.15) is 11.3 Å². The first-order valence-corrected chi connectivity index (χ1v) is 12.2. The average Bonchev–Trinajstić information content (AvgIpc) is 3.33. The van der Waals surface area contributed by atoms with Gasteiger partial charge in [-0.25, -0.2) is 0 Å². The van der Waals surface area contributed by atoms with Crippen LogP contribution in [0, 0.1) is 0 Å². The van der Waals surface area contributed by atoms with E-state index in [2.05, 4.69) is 88.7 Å². The number of methoxy groups -OCH3 is 1. The van der Waals surface area contributed by atoms with Crippen LogP contribution in [0.1, 0.15) is 0 Å². The third-order valence-electron chi connectivity index (χ3n) is 7.45. The molecule has 0 aliphatic carbocycles. The number of piperazine rings is 1. The lowest BCUT2D eigenvalue weighted by Crippen LogP contribution is -2.46. The summed E-state index contributed by atoms with van der Waals surface area (Å²) < 4.78 is 11.9. The molecule has 1 fully saturated rings. The van der Waals surface area contributed by atoms with Gasteiger partial charge in [-0.05, 0) is 63.3 Å². The Hall–Kier alpha value is -4.18. The Morgan fingerprint density at radius 2 is 1.37 bits per heavy atom. The largest absolute Gasteiger partial charge is 0.496 e. The summed E-state index contributed by atoms with van der Waals surface area (Å²) in [6.07, 6.45) is 1.73. The number of hydrogen-bond acceptors (Lipinski definition) is 4. The van der Waals surface area contributed by atoms with Gasteiger partial charge in [0.25, 0.3) is 0 Å². The third-order valence-corrected chi connectivity index (χ3v) is 7.45. The summed E-state index contributed by atoms with van der Waals surface area (Å²) in [6, 6.07) is 30.3. The van der Waals surface area contributed by atoms with Crippen molar-refractivity contribution in [2.45, 2.75) is 0 Å². The lowest BCUT2D eigenvalue weighted by Gasteiger charge is -2.37. The summed E-state index contributed by atoms with van der Waals surface area (Å²) in [7, 11) is 1.73. The molecule has 0 radical (unpaired) electrons. The molecule has 4 nitrogen and oxygen atoms in total. The average molecular weight is 459 g/mol. The molecule has 0 unspecified atom stereocenters. The first-order valence-electron chi connectivity index (χ1n) is 12.2. The van der Waals surface area contributed by atoms with Gasteiger partial charge in [0.2, 0.25) is 0 Å². The predicted molar refractivity (Wildman–Crippen MR) is 146 cm³/mol. The van der Waals surface area contributed by atoms with Crippen molar-refractivity contribution >= 4 is 54.7 Å². The van der Waals surface area contributed by atoms with Crippen LogP contribution in [-0.2, 0) is 0 Å². The first kappa shape index (κ1) is 20.2. The Labute approximate surface area is 203 Å². The van der Waals surface area contributed by atoms with Crippen LogP contribution in [0.15, 0.2) is 95.6 Å². The number of anilines is 2. The summed E-state index contributed by atoms with van der Waals surface area (Å²) >= 11 is 0. The van der Waals surface area contributed by atoms with Crippen LogP contribution >= 0.6 is 0 Å². The smallest absolute Gasteiger partial charge is 0.145 e. The van der Waals surface area contributed by atoms with Crippen molar-refractivity contribution in [1.29, 1.82) is 0 Å². The highest BCUT2D eigenvalue weighted by atomic mass is 16.5. The molecule has 0 saturated carbocycles. The normalized spacial score (nSPS) is 14.4. The van der Waals surface area contributed by atoms with E-state index >= 15 is 0 Å². The summed E-state index contributed by atoms with van der Waals surface area (Å²) in [5.41, 5.74) is 3.44. The standard InChI is InChI=1S/C31H26N2O2/c1-34-28-13-18-35-31-25-12-11-23(33-16-14-32(15-17-33)22-8-3-2-4-9-22)20-26(25)29-24-10-6-5-7-21(24)19-27(29)30(28)31/h2-13,18-20H,14-17H2,1H3. The van der Waals surface area contributed by atoms with Crippen molar-refractivity contribution < 1.29 is 9.15 Å². The fourth-order valence-corrected chi connectivity index (χ4v) is 5.75. The van der Waals surface area contributed by atoms with Gasteiger partial charge >= 0.3 is 0 Å². The van der Waals surface area contributed by atoms with Crippen molar-refractivity contribution in [2.75, 3.05) is 43.1 Å². The zero-order chi connectivity index (χ0) is 23.4. The van der Waals surface area contributed by atoms with Crippen LogP contribution in [0.25, 0.3) is 43.3 Å². The van der Waals surface area contributed by atoms with E-state index in [1.165, 1.54) is 38.3 Å². The van der Waals surface area contributed by atoms with Gasteiger partial charge in [0.15, 0.2) is 0 Å². The molecule has 0 atom stereocenters. The molecule has 1 aromatic heterocycles. The van der Waals surface area contributed by atoms with Crippen molar-refractivity contribution in [3.8, 4) is 5.75 Å². The molecule has 1 aliphatic rings. The van der Waals surface area contributed by atoms with Gasteiger partial charge in [-0.2, -0.15) is 0 Å². The second-order valence-electron chi connectivity index (χ2n) is 9.25. The maximum absolute atomic E-state index is 6.12. The minimum atomic E-state index is 0.842. The minimum absolute atomic E-state index is 0.842. The molecule has 1 aliphatic heterocycles. The zero-order valence-corrected chi connectivity index (χ0v) is 19.7. The van der Waals surface area contributed by atoms with E-state index in [1.54, 1.807) is 13.4 Å². The molecule has 0 bridgehead atoms. The molecule has 35 heavy (non-hydrogen) atoms. The SMILES string of the molecule is COc1ccoc2c3ccc(N4CCN(c5ccccc5)CC4)cc3c3c4ccccc4cc3c12. The predicted octanol–water partition coefficient (Wildman–Crippen LogP) is 7.23. The highest BCUT2D eigenvalue weighted by molar-refractivity contribution is 6.33. The van der Waals surface area contributed by atoms with Gasteiger partial charge in [-0.3, -0.25) is 0 Å². The molecule has 5 aromatic carbocycles. The van der Waals surface area contributed by atoms with Crippen LogP contribution in [-0.4, -0.2) is 33.3 Å². The van der Waals surface area contributed by atoms with Gasteiger partial charge in [-0.15, -0.1) is 0 Å². The van der Waals surface area contributed by atoms with E-state index in [0.717, 1.165) is 48.3 Å². The summed E-state index contributed by atoms with van der Waals surface area (Å²) in [5, 5.41) is 8.35. The van der Waals surface area contributed by atoms with Crippen molar-refractivity contribution in [3.63, 3.8) is 0 Å². The molecule has 0 amide bonds. The maximum Gasteiger partial charge on any atom is 0.145 e. The lowest BCUT2D eigenvalue weighted by molar-refractivity contribution is 0.416. The second kappa shape index (κ2) is 7.95. The van der Waals surface area contributed by atoms with E-state index in [1.807, 2.05) is 6.07 Å². The van der Waals surface area contributed by atoms with Crippen LogP contribution in [0.5, 0.6) is 5.75 Å². The maximum atomic E-state index is 6.12. The fourth-order valence-electron chi connectivity index (χ4n) is 5.75. The minimum Gasteiger partial charge on any atom is -0.496 e. The number of benzene rings is 4. The third kappa shape index (κ3) is 3.13. The van der Waals surface area contributed by atoms with Gasteiger partial charge < -0.3 is 19.0 Å². The molecule has 172 valence electrons.